The van der Waals surface area contributed by atoms with Crippen molar-refractivity contribution in [2.24, 2.45) is 0 Å². The van der Waals surface area contributed by atoms with Crippen LogP contribution < -0.4 is 5.32 Å². The monoisotopic (exact) mass is 321 g/mol. The predicted molar refractivity (Wildman–Crippen MR) is 74.1 cm³/mol. The van der Waals surface area contributed by atoms with Crippen molar-refractivity contribution in [3.05, 3.63) is 37.2 Å². The molecule has 18 heavy (non-hydrogen) atoms. The third-order valence-corrected chi connectivity index (χ3v) is 3.83. The van der Waals surface area contributed by atoms with E-state index in [0.29, 0.717) is 15.7 Å². The lowest BCUT2D eigenvalue weighted by molar-refractivity contribution is 0.102. The van der Waals surface area contributed by atoms with E-state index in [1.165, 1.54) is 0 Å². The van der Waals surface area contributed by atoms with Crippen molar-refractivity contribution < 1.29 is 4.79 Å². The summed E-state index contributed by atoms with van der Waals surface area (Å²) in [6, 6.07) is 3.26. The second-order valence-corrected chi connectivity index (χ2v) is 5.77. The fraction of sp³-hybridized carbons (Fsp3) is 0.100. The number of carbonyl (C=O) groups excluding carboxylic acids is 1. The van der Waals surface area contributed by atoms with Crippen molar-refractivity contribution in [2.75, 3.05) is 5.32 Å². The number of nitrogens with one attached hydrogen (secondary N) is 1. The van der Waals surface area contributed by atoms with E-state index in [9.17, 15) is 4.79 Å². The van der Waals surface area contributed by atoms with E-state index in [4.69, 9.17) is 34.8 Å². The van der Waals surface area contributed by atoms with Crippen LogP contribution in [0, 0.1) is 6.92 Å². The van der Waals surface area contributed by atoms with Gasteiger partial charge in [-0.25, -0.2) is 0 Å². The molecule has 2 aromatic rings. The minimum Gasteiger partial charge on any atom is -0.318 e. The Morgan fingerprint density at radius 1 is 1.22 bits per heavy atom. The first-order chi connectivity index (χ1) is 8.47. The van der Waals surface area contributed by atoms with Crippen LogP contribution in [-0.2, 0) is 0 Å². The van der Waals surface area contributed by atoms with Gasteiger partial charge in [-0.2, -0.15) is 0 Å². The van der Waals surface area contributed by atoms with Gasteiger partial charge >= 0.3 is 0 Å². The largest absolute Gasteiger partial charge is 0.318 e. The van der Waals surface area contributed by atoms with Crippen LogP contribution in [0.15, 0.2) is 12.1 Å². The van der Waals surface area contributed by atoms with E-state index in [-0.39, 0.29) is 9.47 Å². The fourth-order valence-electron chi connectivity index (χ4n) is 1.21. The lowest BCUT2D eigenvalue weighted by atomic mass is 10.2. The van der Waals surface area contributed by atoms with E-state index in [2.05, 4.69) is 15.5 Å². The second-order valence-electron chi connectivity index (χ2n) is 3.40. The third kappa shape index (κ3) is 2.92. The van der Waals surface area contributed by atoms with Gasteiger partial charge in [0.15, 0.2) is 0 Å². The molecule has 1 aromatic carbocycles. The smallest absolute Gasteiger partial charge is 0.286 e. The quantitative estimate of drug-likeness (QED) is 0.907. The van der Waals surface area contributed by atoms with Gasteiger partial charge in [0.25, 0.3) is 5.91 Å². The molecule has 94 valence electrons. The normalized spacial score (nSPS) is 10.4. The number of benzene rings is 1. The van der Waals surface area contributed by atoms with Crippen molar-refractivity contribution in [2.45, 2.75) is 6.92 Å². The van der Waals surface area contributed by atoms with Crippen LogP contribution in [0.25, 0.3) is 0 Å². The number of hydrogen-bond donors (Lipinski definition) is 1. The summed E-state index contributed by atoms with van der Waals surface area (Å²) in [5, 5.41) is 10.9. The molecule has 0 fully saturated rings. The standard InChI is InChI=1S/C10H6Cl3N3OS/c1-4-2-6(12)7(3-5(4)11)14-8(17)9-15-16-10(13)18-9/h2-3H,1H3,(H,14,17). The van der Waals surface area contributed by atoms with Crippen LogP contribution >= 0.6 is 46.1 Å². The van der Waals surface area contributed by atoms with E-state index >= 15 is 0 Å². The zero-order chi connectivity index (χ0) is 13.3. The molecule has 1 amide bonds. The molecule has 0 aliphatic rings. The molecule has 0 bridgehead atoms. The SMILES string of the molecule is Cc1cc(Cl)c(NC(=O)c2nnc(Cl)s2)cc1Cl. The fourth-order valence-corrected chi connectivity index (χ4v) is 2.37. The lowest BCUT2D eigenvalue weighted by Crippen LogP contribution is -2.12. The molecule has 1 heterocycles. The zero-order valence-corrected chi connectivity index (χ0v) is 12.1. The Balaban J connectivity index is 2.24. The molecule has 0 unspecified atom stereocenters. The van der Waals surface area contributed by atoms with Gasteiger partial charge in [0.1, 0.15) is 0 Å². The van der Waals surface area contributed by atoms with Crippen molar-refractivity contribution in [1.82, 2.24) is 10.2 Å². The molecular weight excluding hydrogens is 317 g/mol. The molecule has 1 aromatic heterocycles. The van der Waals surface area contributed by atoms with Crippen molar-refractivity contribution in [3.8, 4) is 0 Å². The highest BCUT2D eigenvalue weighted by molar-refractivity contribution is 7.17. The third-order valence-electron chi connectivity index (χ3n) is 2.09. The summed E-state index contributed by atoms with van der Waals surface area (Å²) in [4.78, 5) is 11.8. The summed E-state index contributed by atoms with van der Waals surface area (Å²) in [6.07, 6.45) is 0. The predicted octanol–water partition coefficient (Wildman–Crippen LogP) is 4.06. The van der Waals surface area contributed by atoms with Crippen molar-refractivity contribution >= 4 is 57.7 Å². The maximum absolute atomic E-state index is 11.8. The maximum atomic E-state index is 11.8. The van der Waals surface area contributed by atoms with Crippen LogP contribution in [0.1, 0.15) is 15.4 Å². The van der Waals surface area contributed by atoms with Crippen LogP contribution in [0.4, 0.5) is 5.69 Å². The molecule has 8 heteroatoms. The summed E-state index contributed by atoms with van der Waals surface area (Å²) in [6.45, 7) is 1.82. The molecule has 0 radical (unpaired) electrons. The van der Waals surface area contributed by atoms with Crippen LogP contribution in [0.2, 0.25) is 14.5 Å². The molecular formula is C10H6Cl3N3OS. The Hall–Kier alpha value is -0.880. The maximum Gasteiger partial charge on any atom is 0.286 e. The molecule has 0 atom stereocenters. The first kappa shape index (κ1) is 13.5. The molecule has 0 aliphatic carbocycles. The molecule has 0 saturated heterocycles. The van der Waals surface area contributed by atoms with Gasteiger partial charge in [-0.15, -0.1) is 10.2 Å². The Kier molecular flexibility index (Phi) is 4.07. The first-order valence-electron chi connectivity index (χ1n) is 4.73. The summed E-state index contributed by atoms with van der Waals surface area (Å²) in [7, 11) is 0. The Morgan fingerprint density at radius 2 is 1.94 bits per heavy atom. The number of halogens is 3. The minimum absolute atomic E-state index is 0.160. The number of anilines is 1. The summed E-state index contributed by atoms with van der Waals surface area (Å²) >= 11 is 18.6. The molecule has 0 saturated carbocycles. The van der Waals surface area contributed by atoms with E-state index < -0.39 is 5.91 Å². The lowest BCUT2D eigenvalue weighted by Gasteiger charge is -2.07. The second kappa shape index (κ2) is 5.40. The average molecular weight is 323 g/mol. The van der Waals surface area contributed by atoms with Crippen molar-refractivity contribution in [1.29, 1.82) is 0 Å². The first-order valence-corrected chi connectivity index (χ1v) is 6.68. The van der Waals surface area contributed by atoms with Gasteiger partial charge in [-0.05, 0) is 36.2 Å². The molecule has 1 N–H and O–H groups in total. The van der Waals surface area contributed by atoms with Gasteiger partial charge in [0.05, 0.1) is 10.7 Å². The van der Waals surface area contributed by atoms with Gasteiger partial charge in [0, 0.05) is 5.02 Å². The van der Waals surface area contributed by atoms with Gasteiger partial charge in [0.2, 0.25) is 9.47 Å². The Bertz CT molecular complexity index is 614. The van der Waals surface area contributed by atoms with E-state index in [0.717, 1.165) is 16.9 Å². The number of hydrogen-bond acceptors (Lipinski definition) is 4. The number of amides is 1. The summed E-state index contributed by atoms with van der Waals surface area (Å²) < 4.78 is 0.202. The summed E-state index contributed by atoms with van der Waals surface area (Å²) in [5.41, 5.74) is 1.25. The Morgan fingerprint density at radius 3 is 2.56 bits per heavy atom. The number of carbonyl (C=O) groups is 1. The summed E-state index contributed by atoms with van der Waals surface area (Å²) in [5.74, 6) is -0.429. The molecule has 2 rings (SSSR count). The van der Waals surface area contributed by atoms with Crippen molar-refractivity contribution in [3.63, 3.8) is 0 Å². The molecule has 0 spiro atoms. The number of rotatable bonds is 2. The van der Waals surface area contributed by atoms with Gasteiger partial charge < -0.3 is 5.32 Å². The highest BCUT2D eigenvalue weighted by atomic mass is 35.5. The van der Waals surface area contributed by atoms with Gasteiger partial charge in [-0.3, -0.25) is 4.79 Å². The van der Waals surface area contributed by atoms with Gasteiger partial charge in [-0.1, -0.05) is 34.5 Å². The number of nitrogens with zero attached hydrogens (tertiary/aromatic N) is 2. The molecule has 0 aliphatic heterocycles. The topological polar surface area (TPSA) is 54.9 Å². The zero-order valence-electron chi connectivity index (χ0n) is 9.00. The van der Waals surface area contributed by atoms with Crippen LogP contribution in [0.3, 0.4) is 0 Å². The van der Waals surface area contributed by atoms with Crippen LogP contribution in [-0.4, -0.2) is 16.1 Å². The number of aromatic nitrogens is 2. The Labute approximate surface area is 122 Å². The highest BCUT2D eigenvalue weighted by Gasteiger charge is 2.14. The van der Waals surface area contributed by atoms with E-state index in [1.807, 2.05) is 6.92 Å². The number of aryl methyl sites for hydroxylation is 1. The minimum atomic E-state index is -0.429. The highest BCUT2D eigenvalue weighted by Crippen LogP contribution is 2.29. The van der Waals surface area contributed by atoms with E-state index in [1.54, 1.807) is 12.1 Å². The van der Waals surface area contributed by atoms with Crippen LogP contribution in [0.5, 0.6) is 0 Å². The molecule has 4 nitrogen and oxygen atoms in total. The average Bonchev–Trinajstić information content (AvgIpc) is 2.73.